The first-order chi connectivity index (χ1) is 54.1. The van der Waals surface area contributed by atoms with Gasteiger partial charge >= 0.3 is 11.9 Å². The summed E-state index contributed by atoms with van der Waals surface area (Å²) in [6, 6.07) is 0. The van der Waals surface area contributed by atoms with Crippen LogP contribution in [0.3, 0.4) is 0 Å². The van der Waals surface area contributed by atoms with Crippen LogP contribution in [0.15, 0.2) is 0 Å². The minimum absolute atomic E-state index is 0.0190. The lowest BCUT2D eigenvalue weighted by Crippen LogP contribution is -2.46. The number of hydrogen-bond acceptors (Lipinski definition) is 32. The molecule has 3 amide bonds. The Morgan fingerprint density at radius 3 is 0.811 bits per heavy atom. The van der Waals surface area contributed by atoms with E-state index < -0.39 is 52.8 Å². The molecule has 0 bridgehead atoms. The van der Waals surface area contributed by atoms with Gasteiger partial charge in [-0.05, 0) is 45.4 Å². The van der Waals surface area contributed by atoms with Gasteiger partial charge in [0.15, 0.2) is 0 Å². The number of quaternary nitrogens is 1. The molecule has 0 aliphatic carbocycles. The van der Waals surface area contributed by atoms with Crippen molar-refractivity contribution in [3.8, 4) is 0 Å². The number of nitrogens with zero attached hydrogens (tertiary/aromatic N) is 1. The minimum Gasteiger partial charge on any atom is -0.463 e. The van der Waals surface area contributed by atoms with Crippen molar-refractivity contribution in [3.05, 3.63) is 0 Å². The Hall–Kier alpha value is -3.49. The number of rotatable bonds is 90. The molecule has 1 heterocycles. The number of nitrogens with two attached hydrogens (primary N) is 1. The van der Waals surface area contributed by atoms with E-state index in [-0.39, 0.29) is 58.0 Å². The lowest BCUT2D eigenvalue weighted by Gasteiger charge is -2.32. The third kappa shape index (κ3) is 70.4. The van der Waals surface area contributed by atoms with E-state index in [2.05, 4.69) is 12.2 Å². The summed E-state index contributed by atoms with van der Waals surface area (Å²) in [6.07, 6.45) is 1.67. The summed E-state index contributed by atoms with van der Waals surface area (Å²) in [5, 5.41) is 2.35. The van der Waals surface area contributed by atoms with Crippen LogP contribution < -0.4 is 11.1 Å². The highest BCUT2D eigenvalue weighted by atomic mass is 16.6. The monoisotopic (exact) mass is 1610 g/mol. The smallest absolute Gasteiger partial charge is 0.311 e. The maximum atomic E-state index is 13.6. The summed E-state index contributed by atoms with van der Waals surface area (Å²) in [4.78, 5) is 64.6. The van der Waals surface area contributed by atoms with Crippen LogP contribution in [-0.2, 0) is 152 Å². The number of ether oxygens (including phenoxy) is 27. The fourth-order valence-electron chi connectivity index (χ4n) is 9.81. The SMILES string of the molecule is CCCOCCOCCOCCOCCOCCOCCOCCOCCOCCOCCOCCOCCOCCOCCOCCOCCOCCOCCOCCOCCOCCOCCOCCOCCOCCOC(=O)C(C)(CC)CC(CC(CC1CC(C)C(=O)NC1=O)C(N)=O)C(=O)OCC[N+](C)(C)C. The van der Waals surface area contributed by atoms with E-state index >= 15 is 0 Å². The first-order valence-corrected chi connectivity index (χ1v) is 39.8. The van der Waals surface area contributed by atoms with Crippen LogP contribution >= 0.6 is 0 Å². The highest BCUT2D eigenvalue weighted by molar-refractivity contribution is 5.99. The number of hydrogen-bond donors (Lipinski definition) is 2. The molecular formula is C76H146N3O32+. The van der Waals surface area contributed by atoms with Crippen molar-refractivity contribution in [1.82, 2.24) is 5.32 Å². The largest absolute Gasteiger partial charge is 0.463 e. The predicted octanol–water partition coefficient (Wildman–Crippen LogP) is 2.21. The molecule has 0 aromatic carbocycles. The Labute approximate surface area is 661 Å². The van der Waals surface area contributed by atoms with Gasteiger partial charge in [-0.2, -0.15) is 0 Å². The average molecular weight is 1610 g/mol. The molecule has 111 heavy (non-hydrogen) atoms. The molecule has 656 valence electrons. The van der Waals surface area contributed by atoms with Gasteiger partial charge < -0.3 is 138 Å². The number of carbonyl (C=O) groups excluding carboxylic acids is 5. The Kier molecular flexibility index (Phi) is 75.1. The van der Waals surface area contributed by atoms with Crippen molar-refractivity contribution in [2.45, 2.75) is 66.2 Å². The van der Waals surface area contributed by atoms with E-state index in [0.717, 1.165) is 13.0 Å². The Balaban J connectivity index is 1.77. The standard InChI is InChI=1S/C76H145N3O32/c1-8-11-85-13-14-86-15-16-87-17-18-88-19-20-89-21-22-90-23-24-91-25-26-92-27-28-93-29-30-94-31-32-95-33-34-96-35-36-97-37-38-98-39-40-99-41-42-100-43-44-101-45-46-102-47-48-103-49-50-104-51-52-105-53-54-106-55-56-107-57-58-108-59-60-109-61-62-111-75(84)76(4,9-2)66-70(74(83)110-12-10-79(5,6)7)65-68(71(77)80)64-69-63-67(3)72(81)78-73(69)82/h67-70H,8-66H2,1-7H3,(H2-,77,78,80,81,82)/p+1. The van der Waals surface area contributed by atoms with Gasteiger partial charge in [0.2, 0.25) is 17.7 Å². The Bertz CT molecular complexity index is 2100. The van der Waals surface area contributed by atoms with E-state index in [1.165, 1.54) is 0 Å². The van der Waals surface area contributed by atoms with Crippen LogP contribution in [0.2, 0.25) is 0 Å². The van der Waals surface area contributed by atoms with Crippen molar-refractivity contribution >= 4 is 29.7 Å². The summed E-state index contributed by atoms with van der Waals surface area (Å²) < 4.78 is 150. The zero-order valence-corrected chi connectivity index (χ0v) is 68.6. The second-order valence-corrected chi connectivity index (χ2v) is 26.7. The van der Waals surface area contributed by atoms with Crippen molar-refractivity contribution in [3.63, 3.8) is 0 Å². The highest BCUT2D eigenvalue weighted by Gasteiger charge is 2.42. The van der Waals surface area contributed by atoms with Gasteiger partial charge in [0.25, 0.3) is 0 Å². The number of carbonyl (C=O) groups is 5. The molecule has 1 saturated heterocycles. The fourth-order valence-corrected chi connectivity index (χ4v) is 9.81. The normalized spacial score (nSPS) is 15.1. The molecule has 35 heteroatoms. The van der Waals surface area contributed by atoms with E-state index in [1.807, 2.05) is 28.1 Å². The first-order valence-electron chi connectivity index (χ1n) is 39.8. The zero-order valence-electron chi connectivity index (χ0n) is 68.6. The van der Waals surface area contributed by atoms with Crippen LogP contribution in [0.1, 0.15) is 66.2 Å². The van der Waals surface area contributed by atoms with Crippen molar-refractivity contribution < 1.29 is 156 Å². The van der Waals surface area contributed by atoms with Crippen molar-refractivity contribution in [2.75, 3.05) is 371 Å². The van der Waals surface area contributed by atoms with Gasteiger partial charge in [0.05, 0.1) is 356 Å². The number of nitrogens with one attached hydrogen (secondary N) is 1. The maximum absolute atomic E-state index is 13.6. The topological polar surface area (TPSA) is 373 Å². The molecule has 35 nitrogen and oxygen atoms in total. The molecule has 1 aliphatic rings. The van der Waals surface area contributed by atoms with Crippen LogP contribution in [0.4, 0.5) is 0 Å². The molecule has 5 atom stereocenters. The van der Waals surface area contributed by atoms with Gasteiger partial charge in [0.1, 0.15) is 19.8 Å². The summed E-state index contributed by atoms with van der Waals surface area (Å²) in [5.41, 5.74) is 4.71. The molecule has 0 saturated carbocycles. The molecule has 0 radical (unpaired) electrons. The van der Waals surface area contributed by atoms with Crippen molar-refractivity contribution in [1.29, 1.82) is 0 Å². The van der Waals surface area contributed by atoms with E-state index in [9.17, 15) is 24.0 Å². The van der Waals surface area contributed by atoms with Crippen LogP contribution in [0.25, 0.3) is 0 Å². The number of imide groups is 1. The van der Waals surface area contributed by atoms with Crippen LogP contribution in [0, 0.1) is 29.1 Å². The third-order valence-electron chi connectivity index (χ3n) is 16.3. The van der Waals surface area contributed by atoms with Gasteiger partial charge in [-0.3, -0.25) is 29.3 Å². The molecule has 1 rings (SSSR count). The first kappa shape index (κ1) is 106. The maximum Gasteiger partial charge on any atom is 0.311 e. The van der Waals surface area contributed by atoms with Gasteiger partial charge in [0, 0.05) is 24.4 Å². The second kappa shape index (κ2) is 79.0. The van der Waals surface area contributed by atoms with Crippen LogP contribution in [-0.4, -0.2) is 405 Å². The third-order valence-corrected chi connectivity index (χ3v) is 16.3. The molecule has 0 aromatic rings. The number of piperidine rings is 1. The molecule has 1 fully saturated rings. The predicted molar refractivity (Wildman–Crippen MR) is 404 cm³/mol. The molecule has 0 spiro atoms. The lowest BCUT2D eigenvalue weighted by molar-refractivity contribution is -0.870. The zero-order chi connectivity index (χ0) is 80.7. The number of esters is 2. The second-order valence-electron chi connectivity index (χ2n) is 26.7. The molecular weight excluding hydrogens is 1470 g/mol. The molecule has 1 aliphatic heterocycles. The minimum atomic E-state index is -1.11. The molecule has 3 N–H and O–H groups in total. The average Bonchev–Trinajstić information content (AvgIpc) is 0.832. The number of primary amides is 1. The van der Waals surface area contributed by atoms with E-state index in [4.69, 9.17) is 134 Å². The van der Waals surface area contributed by atoms with Gasteiger partial charge in [-0.1, -0.05) is 20.8 Å². The van der Waals surface area contributed by atoms with Crippen LogP contribution in [0.5, 0.6) is 0 Å². The molecule has 0 aromatic heterocycles. The van der Waals surface area contributed by atoms with E-state index in [0.29, 0.717) is 328 Å². The highest BCUT2D eigenvalue weighted by Crippen LogP contribution is 2.37. The van der Waals surface area contributed by atoms with E-state index in [1.54, 1.807) is 13.8 Å². The Morgan fingerprint density at radius 1 is 0.360 bits per heavy atom. The lowest BCUT2D eigenvalue weighted by atomic mass is 9.74. The van der Waals surface area contributed by atoms with Crippen molar-refractivity contribution in [2.24, 2.45) is 34.8 Å². The summed E-state index contributed by atoms with van der Waals surface area (Å²) in [5.74, 6) is -5.44. The quantitative estimate of drug-likeness (QED) is 0.0381. The Morgan fingerprint density at radius 2 is 0.595 bits per heavy atom. The fraction of sp³-hybridized carbons (Fsp3) is 0.934. The summed E-state index contributed by atoms with van der Waals surface area (Å²) >= 11 is 0. The molecule has 5 unspecified atom stereocenters. The summed E-state index contributed by atoms with van der Waals surface area (Å²) in [6.45, 7) is 31.2. The van der Waals surface area contributed by atoms with Gasteiger partial charge in [-0.25, -0.2) is 0 Å². The number of amides is 3. The number of likely N-dealkylation sites (N-methyl/N-ethyl adjacent to an activating group) is 1. The van der Waals surface area contributed by atoms with Gasteiger partial charge in [-0.15, -0.1) is 0 Å². The summed E-state index contributed by atoms with van der Waals surface area (Å²) in [7, 11) is 5.90.